The van der Waals surface area contributed by atoms with Crippen LogP contribution in [0.1, 0.15) is 11.7 Å². The molecule has 0 bridgehead atoms. The van der Waals surface area contributed by atoms with Crippen molar-refractivity contribution in [3.8, 4) is 11.5 Å². The molecule has 29 heavy (non-hydrogen) atoms. The van der Waals surface area contributed by atoms with Gasteiger partial charge in [0, 0.05) is 11.4 Å². The molecule has 0 aliphatic carbocycles. The van der Waals surface area contributed by atoms with E-state index in [1.165, 1.54) is 6.26 Å². The van der Waals surface area contributed by atoms with Crippen molar-refractivity contribution in [3.63, 3.8) is 0 Å². The fraction of sp³-hybridized carbons (Fsp3) is 0.143. The number of nitrogens with two attached hydrogens (primary N) is 1. The van der Waals surface area contributed by atoms with Gasteiger partial charge in [-0.3, -0.25) is 4.79 Å². The maximum atomic E-state index is 13.1. The van der Waals surface area contributed by atoms with Crippen molar-refractivity contribution >= 4 is 29.0 Å². The number of aliphatic imine (C=N–C) groups is 1. The Morgan fingerprint density at radius 1 is 1.03 bits per heavy atom. The molecule has 1 atom stereocenters. The van der Waals surface area contributed by atoms with Crippen LogP contribution in [0, 0.1) is 0 Å². The number of benzene rings is 2. The Balaban J connectivity index is 1.69. The molecule has 148 valence electrons. The van der Waals surface area contributed by atoms with Gasteiger partial charge in [0.2, 0.25) is 11.7 Å². The Morgan fingerprint density at radius 2 is 1.66 bits per heavy atom. The largest absolute Gasteiger partial charge is 0.497 e. The van der Waals surface area contributed by atoms with Gasteiger partial charge >= 0.3 is 0 Å². The molecule has 3 N–H and O–H groups in total. The van der Waals surface area contributed by atoms with Crippen LogP contribution in [-0.4, -0.2) is 26.0 Å². The van der Waals surface area contributed by atoms with E-state index in [4.69, 9.17) is 19.6 Å². The maximum Gasteiger partial charge on any atom is 0.291 e. The van der Waals surface area contributed by atoms with Crippen LogP contribution in [0.3, 0.4) is 0 Å². The number of hydrogen-bond donors (Lipinski definition) is 2. The lowest BCUT2D eigenvalue weighted by Gasteiger charge is -2.33. The van der Waals surface area contributed by atoms with Gasteiger partial charge in [0.05, 0.1) is 26.0 Å². The molecular weight excluding hydrogens is 372 g/mol. The number of furan rings is 1. The lowest BCUT2D eigenvalue weighted by atomic mass is 10.1. The highest BCUT2D eigenvalue weighted by Gasteiger charge is 2.34. The van der Waals surface area contributed by atoms with Crippen molar-refractivity contribution in [1.29, 1.82) is 0 Å². The predicted molar refractivity (Wildman–Crippen MR) is 110 cm³/mol. The minimum absolute atomic E-state index is 0.126. The lowest BCUT2D eigenvalue weighted by Crippen LogP contribution is -2.47. The molecule has 0 radical (unpaired) electrons. The minimum Gasteiger partial charge on any atom is -0.497 e. The summed E-state index contributed by atoms with van der Waals surface area (Å²) in [6.07, 6.45) is 0.871. The van der Waals surface area contributed by atoms with Crippen LogP contribution in [0.25, 0.3) is 0 Å². The van der Waals surface area contributed by atoms with E-state index in [2.05, 4.69) is 10.3 Å². The summed E-state index contributed by atoms with van der Waals surface area (Å²) in [5.41, 5.74) is 8.46. The molecule has 1 unspecified atom stereocenters. The number of amides is 1. The summed E-state index contributed by atoms with van der Waals surface area (Å²) >= 11 is 0. The van der Waals surface area contributed by atoms with Crippen molar-refractivity contribution in [2.24, 2.45) is 10.7 Å². The molecule has 8 heteroatoms. The van der Waals surface area contributed by atoms with Gasteiger partial charge in [0.25, 0.3) is 5.91 Å². The smallest absolute Gasteiger partial charge is 0.291 e. The molecule has 0 saturated heterocycles. The monoisotopic (exact) mass is 392 g/mol. The van der Waals surface area contributed by atoms with Crippen LogP contribution in [0.5, 0.6) is 11.5 Å². The van der Waals surface area contributed by atoms with E-state index in [0.29, 0.717) is 34.3 Å². The number of nitrogens with one attached hydrogen (secondary N) is 1. The van der Waals surface area contributed by atoms with Crippen LogP contribution in [-0.2, 0) is 4.79 Å². The van der Waals surface area contributed by atoms with Gasteiger partial charge in [-0.1, -0.05) is 0 Å². The highest BCUT2D eigenvalue weighted by molar-refractivity contribution is 6.47. The Kier molecular flexibility index (Phi) is 4.92. The van der Waals surface area contributed by atoms with Crippen molar-refractivity contribution in [3.05, 3.63) is 66.4 Å². The van der Waals surface area contributed by atoms with Gasteiger partial charge in [-0.05, 0) is 54.6 Å². The number of ether oxygens (including phenoxy) is 2. The quantitative estimate of drug-likeness (QED) is 0.690. The van der Waals surface area contributed by atoms with E-state index < -0.39 is 12.1 Å². The number of methoxy groups -OCH3 is 2. The molecule has 2 aromatic carbocycles. The van der Waals surface area contributed by atoms with Gasteiger partial charge in [-0.25, -0.2) is 0 Å². The summed E-state index contributed by atoms with van der Waals surface area (Å²) in [5.74, 6) is 1.43. The van der Waals surface area contributed by atoms with Crippen molar-refractivity contribution < 1.29 is 18.7 Å². The number of rotatable bonds is 5. The second-order valence-electron chi connectivity index (χ2n) is 6.31. The SMILES string of the molecule is COc1ccc(NC(=O)C2=Nc3occc3C(N)N2c2ccc(OC)cc2)cc1. The van der Waals surface area contributed by atoms with Crippen LogP contribution in [0.2, 0.25) is 0 Å². The minimum atomic E-state index is -0.633. The van der Waals surface area contributed by atoms with E-state index in [1.54, 1.807) is 61.6 Å². The number of carbonyl (C=O) groups excluding carboxylic acids is 1. The van der Waals surface area contributed by atoms with Gasteiger partial charge in [-0.2, -0.15) is 4.99 Å². The van der Waals surface area contributed by atoms with Crippen molar-refractivity contribution in [2.45, 2.75) is 6.17 Å². The fourth-order valence-corrected chi connectivity index (χ4v) is 3.10. The average Bonchev–Trinajstić information content (AvgIpc) is 3.23. The van der Waals surface area contributed by atoms with E-state index >= 15 is 0 Å². The molecule has 0 saturated carbocycles. The number of hydrogen-bond acceptors (Lipinski definition) is 7. The highest BCUT2D eigenvalue weighted by Crippen LogP contribution is 2.36. The molecule has 4 rings (SSSR count). The third kappa shape index (κ3) is 3.53. The Bertz CT molecular complexity index is 1040. The Labute approximate surface area is 167 Å². The second kappa shape index (κ2) is 7.69. The zero-order valence-electron chi connectivity index (χ0n) is 16.0. The molecule has 2 heterocycles. The zero-order chi connectivity index (χ0) is 20.4. The molecule has 1 aromatic heterocycles. The second-order valence-corrected chi connectivity index (χ2v) is 6.31. The summed E-state index contributed by atoms with van der Waals surface area (Å²) in [5, 5.41) is 2.84. The van der Waals surface area contributed by atoms with Crippen LogP contribution >= 0.6 is 0 Å². The topological polar surface area (TPSA) is 102 Å². The Morgan fingerprint density at radius 3 is 2.28 bits per heavy atom. The summed E-state index contributed by atoms with van der Waals surface area (Å²) in [6, 6.07) is 16.0. The number of carbonyl (C=O) groups is 1. The van der Waals surface area contributed by atoms with E-state index in [-0.39, 0.29) is 5.84 Å². The summed E-state index contributed by atoms with van der Waals surface area (Å²) in [4.78, 5) is 19.1. The van der Waals surface area contributed by atoms with Crippen molar-refractivity contribution in [2.75, 3.05) is 24.4 Å². The third-order valence-corrected chi connectivity index (χ3v) is 4.61. The van der Waals surface area contributed by atoms with Crippen LogP contribution in [0.15, 0.2) is 70.3 Å². The predicted octanol–water partition coefficient (Wildman–Crippen LogP) is 3.44. The first kappa shape index (κ1) is 18.6. The summed E-state index contributed by atoms with van der Waals surface area (Å²) < 4.78 is 15.8. The Hall–Kier alpha value is -3.78. The molecule has 1 aliphatic heterocycles. The molecule has 8 nitrogen and oxygen atoms in total. The van der Waals surface area contributed by atoms with Crippen LogP contribution in [0.4, 0.5) is 17.3 Å². The van der Waals surface area contributed by atoms with E-state index in [9.17, 15) is 4.79 Å². The van der Waals surface area contributed by atoms with Gasteiger partial charge in [0.1, 0.15) is 17.7 Å². The van der Waals surface area contributed by atoms with E-state index in [1.807, 2.05) is 12.1 Å². The first-order valence-electron chi connectivity index (χ1n) is 8.91. The molecule has 0 spiro atoms. The lowest BCUT2D eigenvalue weighted by molar-refractivity contribution is -0.110. The maximum absolute atomic E-state index is 13.1. The molecular formula is C21H20N4O4. The standard InChI is InChI=1S/C21H20N4O4/c1-27-15-7-3-13(4-8-15)23-20(26)19-24-21-17(11-12-29-21)18(22)25(19)14-5-9-16(28-2)10-6-14/h3-12,18H,22H2,1-2H3,(H,23,26). The van der Waals surface area contributed by atoms with Crippen molar-refractivity contribution in [1.82, 2.24) is 0 Å². The summed E-state index contributed by atoms with van der Waals surface area (Å²) in [6.45, 7) is 0. The number of nitrogens with zero attached hydrogens (tertiary/aromatic N) is 2. The average molecular weight is 392 g/mol. The molecule has 3 aromatic rings. The van der Waals surface area contributed by atoms with Gasteiger partial charge < -0.3 is 29.8 Å². The fourth-order valence-electron chi connectivity index (χ4n) is 3.10. The third-order valence-electron chi connectivity index (χ3n) is 4.61. The molecule has 1 aliphatic rings. The number of anilines is 2. The molecule has 1 amide bonds. The number of amidine groups is 1. The van der Waals surface area contributed by atoms with Crippen LogP contribution < -0.4 is 25.4 Å². The van der Waals surface area contributed by atoms with Gasteiger partial charge in [-0.15, -0.1) is 0 Å². The first-order valence-corrected chi connectivity index (χ1v) is 8.91. The first-order chi connectivity index (χ1) is 14.1. The number of fused-ring (bicyclic) bond motifs is 1. The highest BCUT2D eigenvalue weighted by atomic mass is 16.5. The van der Waals surface area contributed by atoms with E-state index in [0.717, 1.165) is 0 Å². The molecule has 0 fully saturated rings. The van der Waals surface area contributed by atoms with Gasteiger partial charge in [0.15, 0.2) is 0 Å². The summed E-state index contributed by atoms with van der Waals surface area (Å²) in [7, 11) is 3.17. The normalized spacial score (nSPS) is 15.3. The zero-order valence-corrected chi connectivity index (χ0v) is 16.0.